The van der Waals surface area contributed by atoms with Gasteiger partial charge in [-0.25, -0.2) is 4.79 Å². The normalized spacial score (nSPS) is 10.4. The van der Waals surface area contributed by atoms with Crippen LogP contribution in [0.15, 0.2) is 12.1 Å². The minimum atomic E-state index is -0.393. The van der Waals surface area contributed by atoms with Gasteiger partial charge >= 0.3 is 6.09 Å². The smallest absolute Gasteiger partial charge is 0.406 e. The van der Waals surface area contributed by atoms with E-state index in [1.165, 1.54) is 23.8 Å². The minimum Gasteiger partial charge on any atom is -0.496 e. The molecular formula is C15H23NO3. The molecule has 0 heterocycles. The molecule has 0 saturated heterocycles. The Hall–Kier alpha value is -1.71. The molecule has 4 nitrogen and oxygen atoms in total. The highest BCUT2D eigenvalue weighted by Gasteiger charge is 2.11. The van der Waals surface area contributed by atoms with Crippen LogP contribution in [0.3, 0.4) is 0 Å². The standard InChI is InChI=1S/C15H23NO3/c1-10(2)13-9-12(6-7-16-15(17)19-5)11(3)8-14(13)18-4/h8-10H,6-7H2,1-5H3,(H,16,17). The number of amides is 1. The van der Waals surface area contributed by atoms with Crippen molar-refractivity contribution in [2.45, 2.75) is 33.1 Å². The molecule has 0 aliphatic rings. The Labute approximate surface area is 115 Å². The number of rotatable bonds is 5. The van der Waals surface area contributed by atoms with Gasteiger partial charge in [0.25, 0.3) is 0 Å². The van der Waals surface area contributed by atoms with E-state index in [2.05, 4.69) is 43.0 Å². The van der Waals surface area contributed by atoms with Gasteiger partial charge in [-0.15, -0.1) is 0 Å². The molecule has 106 valence electrons. The molecule has 0 aromatic heterocycles. The van der Waals surface area contributed by atoms with Crippen LogP contribution < -0.4 is 10.1 Å². The SMILES string of the molecule is COC(=O)NCCc1cc(C(C)C)c(OC)cc1C. The van der Waals surface area contributed by atoms with Crippen molar-refractivity contribution in [2.75, 3.05) is 20.8 Å². The zero-order chi connectivity index (χ0) is 14.4. The summed E-state index contributed by atoms with van der Waals surface area (Å²) in [6.07, 6.45) is 0.389. The van der Waals surface area contributed by atoms with Gasteiger partial charge in [0, 0.05) is 6.54 Å². The Bertz CT molecular complexity index is 441. The lowest BCUT2D eigenvalue weighted by atomic mass is 9.95. The highest BCUT2D eigenvalue weighted by Crippen LogP contribution is 2.29. The summed E-state index contributed by atoms with van der Waals surface area (Å²) in [6, 6.07) is 4.22. The topological polar surface area (TPSA) is 47.6 Å². The zero-order valence-electron chi connectivity index (χ0n) is 12.4. The van der Waals surface area contributed by atoms with E-state index in [1.807, 2.05) is 0 Å². The van der Waals surface area contributed by atoms with Crippen molar-refractivity contribution in [1.82, 2.24) is 5.32 Å². The first kappa shape index (κ1) is 15.3. The number of benzene rings is 1. The fourth-order valence-electron chi connectivity index (χ4n) is 2.01. The molecule has 0 atom stereocenters. The molecule has 0 spiro atoms. The fraction of sp³-hybridized carbons (Fsp3) is 0.533. The number of nitrogens with one attached hydrogen (secondary N) is 1. The fourth-order valence-corrected chi connectivity index (χ4v) is 2.01. The van der Waals surface area contributed by atoms with Gasteiger partial charge in [-0.1, -0.05) is 19.9 Å². The summed E-state index contributed by atoms with van der Waals surface area (Å²) >= 11 is 0. The van der Waals surface area contributed by atoms with Crippen molar-refractivity contribution in [3.8, 4) is 5.75 Å². The maximum Gasteiger partial charge on any atom is 0.406 e. The first-order valence-corrected chi connectivity index (χ1v) is 6.48. The Morgan fingerprint density at radius 3 is 2.53 bits per heavy atom. The molecule has 1 N–H and O–H groups in total. The molecule has 0 bridgehead atoms. The molecule has 0 unspecified atom stereocenters. The average Bonchev–Trinajstić information content (AvgIpc) is 2.39. The van der Waals surface area contributed by atoms with E-state index >= 15 is 0 Å². The summed E-state index contributed by atoms with van der Waals surface area (Å²) in [5.41, 5.74) is 3.59. The van der Waals surface area contributed by atoms with E-state index in [1.54, 1.807) is 7.11 Å². The number of aryl methyl sites for hydroxylation is 1. The van der Waals surface area contributed by atoms with Gasteiger partial charge in [0.1, 0.15) is 5.75 Å². The molecule has 0 fully saturated rings. The molecule has 1 amide bonds. The lowest BCUT2D eigenvalue weighted by Crippen LogP contribution is -2.25. The van der Waals surface area contributed by atoms with Gasteiger partial charge < -0.3 is 14.8 Å². The highest BCUT2D eigenvalue weighted by atomic mass is 16.5. The maximum atomic E-state index is 11.0. The molecule has 0 saturated carbocycles. The number of alkyl carbamates (subject to hydrolysis) is 1. The van der Waals surface area contributed by atoms with Crippen LogP contribution in [-0.2, 0) is 11.2 Å². The molecule has 0 radical (unpaired) electrons. The summed E-state index contributed by atoms with van der Waals surface area (Å²) in [7, 11) is 3.06. The molecule has 0 aliphatic heterocycles. The number of ether oxygens (including phenoxy) is 2. The van der Waals surface area contributed by atoms with Crippen LogP contribution in [0.1, 0.15) is 36.5 Å². The van der Waals surface area contributed by atoms with Gasteiger partial charge in [0.15, 0.2) is 0 Å². The first-order valence-electron chi connectivity index (χ1n) is 6.48. The molecule has 4 heteroatoms. The van der Waals surface area contributed by atoms with Crippen molar-refractivity contribution >= 4 is 6.09 Å². The second-order valence-corrected chi connectivity index (χ2v) is 4.84. The predicted octanol–water partition coefficient (Wildman–Crippen LogP) is 3.03. The third-order valence-corrected chi connectivity index (χ3v) is 3.16. The van der Waals surface area contributed by atoms with E-state index in [0.717, 1.165) is 12.2 Å². The van der Waals surface area contributed by atoms with Crippen LogP contribution in [0.25, 0.3) is 0 Å². The van der Waals surface area contributed by atoms with Gasteiger partial charge in [0.05, 0.1) is 14.2 Å². The highest BCUT2D eigenvalue weighted by molar-refractivity contribution is 5.66. The van der Waals surface area contributed by atoms with E-state index in [0.29, 0.717) is 12.5 Å². The predicted molar refractivity (Wildman–Crippen MR) is 75.9 cm³/mol. The zero-order valence-corrected chi connectivity index (χ0v) is 12.4. The summed E-state index contributed by atoms with van der Waals surface area (Å²) in [4.78, 5) is 11.0. The van der Waals surface area contributed by atoms with Crippen molar-refractivity contribution in [1.29, 1.82) is 0 Å². The monoisotopic (exact) mass is 265 g/mol. The van der Waals surface area contributed by atoms with Crippen molar-refractivity contribution in [3.05, 3.63) is 28.8 Å². The van der Waals surface area contributed by atoms with Crippen LogP contribution >= 0.6 is 0 Å². The number of hydrogen-bond donors (Lipinski definition) is 1. The number of carbonyl (C=O) groups is 1. The average molecular weight is 265 g/mol. The number of methoxy groups -OCH3 is 2. The number of hydrogen-bond acceptors (Lipinski definition) is 3. The molecule has 1 aromatic carbocycles. The second kappa shape index (κ2) is 7.02. The van der Waals surface area contributed by atoms with E-state index in [4.69, 9.17) is 4.74 Å². The third-order valence-electron chi connectivity index (χ3n) is 3.16. The lowest BCUT2D eigenvalue weighted by Gasteiger charge is -2.16. The molecule has 1 aromatic rings. The van der Waals surface area contributed by atoms with Crippen LogP contribution in [0.5, 0.6) is 5.75 Å². The van der Waals surface area contributed by atoms with Gasteiger partial charge in [-0.3, -0.25) is 0 Å². The number of carbonyl (C=O) groups excluding carboxylic acids is 1. The van der Waals surface area contributed by atoms with E-state index in [-0.39, 0.29) is 0 Å². The van der Waals surface area contributed by atoms with Crippen molar-refractivity contribution in [3.63, 3.8) is 0 Å². The van der Waals surface area contributed by atoms with Crippen LogP contribution in [0.2, 0.25) is 0 Å². The largest absolute Gasteiger partial charge is 0.496 e. The lowest BCUT2D eigenvalue weighted by molar-refractivity contribution is 0.171. The van der Waals surface area contributed by atoms with Crippen LogP contribution in [0.4, 0.5) is 4.79 Å². The summed E-state index contributed by atoms with van der Waals surface area (Å²) in [6.45, 7) is 6.91. The van der Waals surface area contributed by atoms with E-state index < -0.39 is 6.09 Å². The first-order chi connectivity index (χ1) is 8.99. The van der Waals surface area contributed by atoms with Crippen LogP contribution in [-0.4, -0.2) is 26.9 Å². The van der Waals surface area contributed by atoms with Gasteiger partial charge in [-0.2, -0.15) is 0 Å². The Kier molecular flexibility index (Phi) is 5.67. The minimum absolute atomic E-state index is 0.393. The third kappa shape index (κ3) is 4.16. The Morgan fingerprint density at radius 1 is 1.32 bits per heavy atom. The van der Waals surface area contributed by atoms with Gasteiger partial charge in [-0.05, 0) is 42.0 Å². The van der Waals surface area contributed by atoms with E-state index in [9.17, 15) is 4.79 Å². The Morgan fingerprint density at radius 2 is 2.00 bits per heavy atom. The van der Waals surface area contributed by atoms with Crippen molar-refractivity contribution < 1.29 is 14.3 Å². The molecule has 0 aliphatic carbocycles. The maximum absolute atomic E-state index is 11.0. The second-order valence-electron chi connectivity index (χ2n) is 4.84. The summed E-state index contributed by atoms with van der Waals surface area (Å²) < 4.78 is 9.96. The molecule has 1 rings (SSSR count). The van der Waals surface area contributed by atoms with Crippen molar-refractivity contribution in [2.24, 2.45) is 0 Å². The van der Waals surface area contributed by atoms with Crippen LogP contribution in [0, 0.1) is 6.92 Å². The van der Waals surface area contributed by atoms with Gasteiger partial charge in [0.2, 0.25) is 0 Å². The summed E-state index contributed by atoms with van der Waals surface area (Å²) in [5.74, 6) is 1.33. The molecule has 19 heavy (non-hydrogen) atoms. The Balaban J connectivity index is 2.83. The summed E-state index contributed by atoms with van der Waals surface area (Å²) in [5, 5.41) is 2.69. The quantitative estimate of drug-likeness (QED) is 0.890. The molecular weight excluding hydrogens is 242 g/mol.